The maximum absolute atomic E-state index is 11.9. The first-order chi connectivity index (χ1) is 12.7. The number of amides is 3. The Bertz CT molecular complexity index is 717. The molecule has 0 bridgehead atoms. The summed E-state index contributed by atoms with van der Waals surface area (Å²) in [5.41, 5.74) is 0.311. The largest absolute Gasteiger partial charge is 0.378 e. The number of aromatic nitrogens is 1. The fourth-order valence-corrected chi connectivity index (χ4v) is 4.00. The molecule has 1 N–H and O–H groups in total. The summed E-state index contributed by atoms with van der Waals surface area (Å²) in [6, 6.07) is 3.27. The van der Waals surface area contributed by atoms with Crippen LogP contribution in [0.5, 0.6) is 0 Å². The van der Waals surface area contributed by atoms with Crippen molar-refractivity contribution in [1.82, 2.24) is 10.0 Å². The molecule has 1 aliphatic heterocycles. The van der Waals surface area contributed by atoms with Gasteiger partial charge in [0.1, 0.15) is 24.7 Å². The molecule has 9 nitrogen and oxygen atoms in total. The number of hydrogen-bond acceptors (Lipinski definition) is 9. The maximum atomic E-state index is 11.9. The molecule has 1 fully saturated rings. The van der Waals surface area contributed by atoms with Crippen molar-refractivity contribution < 1.29 is 33.9 Å². The first-order valence-electron chi connectivity index (χ1n) is 8.12. The first-order valence-corrected chi connectivity index (χ1v) is 10.4. The Hall–Kier alpha value is -1.95. The summed E-state index contributed by atoms with van der Waals surface area (Å²) in [5.74, 6) is -1.43. The molecule has 1 aliphatic rings. The van der Waals surface area contributed by atoms with Gasteiger partial charge in [-0.1, -0.05) is 10.8 Å². The highest BCUT2D eigenvalue weighted by molar-refractivity contribution is 8.76. The number of carbonyl (C=O) groups is 4. The lowest BCUT2D eigenvalue weighted by Gasteiger charge is -2.16. The number of imide groups is 1. The number of hydrogen-bond donors (Lipinski definition) is 1. The minimum absolute atomic E-state index is 0.0742. The average Bonchev–Trinajstić information content (AvgIpc) is 2.92. The third-order valence-electron chi connectivity index (χ3n) is 3.43. The number of nitrogens with zero attached hydrogens (tertiary/aromatic N) is 3. The van der Waals surface area contributed by atoms with Crippen LogP contribution in [0.3, 0.4) is 0 Å². The van der Waals surface area contributed by atoms with Gasteiger partial charge in [0.25, 0.3) is 11.8 Å². The molecule has 3 amide bonds. The molecule has 146 valence electrons. The molecule has 11 heteroatoms. The minimum atomic E-state index is -0.798. The topological polar surface area (TPSA) is 114 Å². The molecule has 27 heavy (non-hydrogen) atoms. The highest BCUT2D eigenvalue weighted by atomic mass is 33.1. The van der Waals surface area contributed by atoms with Crippen LogP contribution >= 0.6 is 21.6 Å². The molecule has 1 aromatic rings. The normalized spacial score (nSPS) is 14.6. The molecule has 0 aliphatic carbocycles. The SMILES string of the molecule is C[N+](C)(O)C(=O)c1ccc(SSCCCC(=O)ON2C(=O)CCC2=O)nc1. The standard InChI is InChI=1S/C16H20N3O6S2/c1-19(2,24)16(23)11-5-6-12(17-10-11)27-26-9-3-4-15(22)25-18-13(20)7-8-14(18)21/h5-6,10,24H,3-4,7-9H2,1-2H3/q+1. The van der Waals surface area contributed by atoms with E-state index in [1.807, 2.05) is 0 Å². The number of hydroxylamine groups is 5. The molecule has 0 atom stereocenters. The van der Waals surface area contributed by atoms with E-state index >= 15 is 0 Å². The van der Waals surface area contributed by atoms with E-state index in [2.05, 4.69) is 4.98 Å². The van der Waals surface area contributed by atoms with Gasteiger partial charge in [-0.25, -0.2) is 19.8 Å². The highest BCUT2D eigenvalue weighted by Crippen LogP contribution is 2.30. The van der Waals surface area contributed by atoms with Gasteiger partial charge in [0, 0.05) is 31.2 Å². The number of carbonyl (C=O) groups excluding carboxylic acids is 4. The van der Waals surface area contributed by atoms with Crippen molar-refractivity contribution in [3.63, 3.8) is 0 Å². The van der Waals surface area contributed by atoms with Gasteiger partial charge in [-0.2, -0.15) is 0 Å². The van der Waals surface area contributed by atoms with E-state index in [1.54, 1.807) is 12.1 Å². The molecule has 0 saturated carbocycles. The predicted molar refractivity (Wildman–Crippen MR) is 97.2 cm³/mol. The van der Waals surface area contributed by atoms with Crippen molar-refractivity contribution in [2.75, 3.05) is 19.8 Å². The molecule has 1 aromatic heterocycles. The van der Waals surface area contributed by atoms with Gasteiger partial charge in [-0.05, 0) is 29.3 Å². The summed E-state index contributed by atoms with van der Waals surface area (Å²) in [6.45, 7) is 0. The molecule has 0 spiro atoms. The monoisotopic (exact) mass is 414 g/mol. The fourth-order valence-electron chi connectivity index (χ4n) is 2.05. The zero-order valence-corrected chi connectivity index (χ0v) is 16.5. The Labute approximate surface area is 163 Å². The van der Waals surface area contributed by atoms with Gasteiger partial charge >= 0.3 is 11.9 Å². The molecule has 0 unspecified atom stereocenters. The molecule has 2 rings (SSSR count). The predicted octanol–water partition coefficient (Wildman–Crippen LogP) is 1.82. The van der Waals surface area contributed by atoms with Crippen LogP contribution in [0.15, 0.2) is 23.4 Å². The van der Waals surface area contributed by atoms with Crippen LogP contribution in [-0.2, 0) is 19.2 Å². The number of rotatable bonds is 8. The van der Waals surface area contributed by atoms with Crippen molar-refractivity contribution in [3.05, 3.63) is 23.9 Å². The zero-order valence-electron chi connectivity index (χ0n) is 14.9. The third kappa shape index (κ3) is 6.31. The van der Waals surface area contributed by atoms with E-state index < -0.39 is 28.3 Å². The van der Waals surface area contributed by atoms with Crippen LogP contribution in [0.2, 0.25) is 0 Å². The first kappa shape index (κ1) is 21.4. The van der Waals surface area contributed by atoms with Crippen LogP contribution in [0.1, 0.15) is 36.0 Å². The average molecular weight is 414 g/mol. The summed E-state index contributed by atoms with van der Waals surface area (Å²) in [5, 5.41) is 10.9. The molecule has 0 aromatic carbocycles. The van der Waals surface area contributed by atoms with Crippen molar-refractivity contribution in [2.24, 2.45) is 0 Å². The number of quaternary nitrogens is 1. The Morgan fingerprint density at radius 3 is 2.48 bits per heavy atom. The Morgan fingerprint density at radius 1 is 1.26 bits per heavy atom. The van der Waals surface area contributed by atoms with Crippen molar-refractivity contribution in [2.45, 2.75) is 30.7 Å². The van der Waals surface area contributed by atoms with Gasteiger partial charge in [-0.15, -0.1) is 9.71 Å². The van der Waals surface area contributed by atoms with Crippen LogP contribution in [-0.4, -0.2) is 63.4 Å². The van der Waals surface area contributed by atoms with Crippen molar-refractivity contribution in [1.29, 1.82) is 0 Å². The summed E-state index contributed by atoms with van der Waals surface area (Å²) in [6.07, 6.45) is 2.16. The minimum Gasteiger partial charge on any atom is -0.330 e. The Kier molecular flexibility index (Phi) is 7.36. The van der Waals surface area contributed by atoms with Crippen LogP contribution in [0.4, 0.5) is 0 Å². The lowest BCUT2D eigenvalue weighted by molar-refractivity contribution is -1.00. The van der Waals surface area contributed by atoms with Crippen LogP contribution < -0.4 is 0 Å². The van der Waals surface area contributed by atoms with Crippen molar-refractivity contribution >= 4 is 45.3 Å². The van der Waals surface area contributed by atoms with Gasteiger partial charge in [0.2, 0.25) is 0 Å². The molecule has 2 heterocycles. The number of pyridine rings is 1. The van der Waals surface area contributed by atoms with Crippen molar-refractivity contribution in [3.8, 4) is 0 Å². The van der Waals surface area contributed by atoms with Crippen LogP contribution in [0.25, 0.3) is 0 Å². The smallest absolute Gasteiger partial charge is 0.330 e. The summed E-state index contributed by atoms with van der Waals surface area (Å²) in [7, 11) is 5.59. The second-order valence-electron chi connectivity index (χ2n) is 6.14. The fraction of sp³-hybridized carbons (Fsp3) is 0.438. The maximum Gasteiger partial charge on any atom is 0.378 e. The Morgan fingerprint density at radius 2 is 1.93 bits per heavy atom. The molecular weight excluding hydrogens is 394 g/mol. The quantitative estimate of drug-likeness (QED) is 0.170. The molecular formula is C16H20N3O6S2+. The van der Waals surface area contributed by atoms with Crippen LogP contribution in [0, 0.1) is 0 Å². The van der Waals surface area contributed by atoms with Gasteiger partial charge in [0.05, 0.1) is 0 Å². The summed E-state index contributed by atoms with van der Waals surface area (Å²) in [4.78, 5) is 55.2. The van der Waals surface area contributed by atoms with Gasteiger partial charge < -0.3 is 4.84 Å². The van der Waals surface area contributed by atoms with E-state index in [-0.39, 0.29) is 19.3 Å². The summed E-state index contributed by atoms with van der Waals surface area (Å²) < 4.78 is -0.798. The third-order valence-corrected chi connectivity index (χ3v) is 5.78. The van der Waals surface area contributed by atoms with E-state index in [0.717, 1.165) is 0 Å². The van der Waals surface area contributed by atoms with E-state index in [1.165, 1.54) is 41.9 Å². The summed E-state index contributed by atoms with van der Waals surface area (Å²) >= 11 is 0. The van der Waals surface area contributed by atoms with Gasteiger partial charge in [0.15, 0.2) is 0 Å². The lowest BCUT2D eigenvalue weighted by atomic mass is 10.2. The Balaban J connectivity index is 1.67. The van der Waals surface area contributed by atoms with E-state index in [9.17, 15) is 24.4 Å². The highest BCUT2D eigenvalue weighted by Gasteiger charge is 2.32. The lowest BCUT2D eigenvalue weighted by Crippen LogP contribution is -2.41. The van der Waals surface area contributed by atoms with Gasteiger partial charge in [-0.3, -0.25) is 9.59 Å². The van der Waals surface area contributed by atoms with E-state index in [4.69, 9.17) is 4.84 Å². The zero-order chi connectivity index (χ0) is 20.0. The second-order valence-corrected chi connectivity index (χ2v) is 8.57. The molecule has 1 saturated heterocycles. The second kappa shape index (κ2) is 9.31. The molecule has 0 radical (unpaired) electrons. The van der Waals surface area contributed by atoms with E-state index in [0.29, 0.717) is 27.8 Å².